The van der Waals surface area contributed by atoms with Gasteiger partial charge >= 0.3 is 0 Å². The second kappa shape index (κ2) is 8.65. The third-order valence-corrected chi connectivity index (χ3v) is 10.3. The van der Waals surface area contributed by atoms with Gasteiger partial charge in [0.15, 0.2) is 19.7 Å². The van der Waals surface area contributed by atoms with Gasteiger partial charge in [-0.1, -0.05) is 6.07 Å². The van der Waals surface area contributed by atoms with Gasteiger partial charge in [-0.3, -0.25) is 4.90 Å². The summed E-state index contributed by atoms with van der Waals surface area (Å²) >= 11 is 0. The van der Waals surface area contributed by atoms with E-state index in [9.17, 15) is 21.2 Å². The normalized spacial score (nSPS) is 25.1. The van der Waals surface area contributed by atoms with E-state index in [1.165, 1.54) is 12.1 Å². The van der Waals surface area contributed by atoms with E-state index >= 15 is 0 Å². The minimum atomic E-state index is -4.19. The van der Waals surface area contributed by atoms with Crippen molar-refractivity contribution in [1.82, 2.24) is 10.2 Å². The van der Waals surface area contributed by atoms with Crippen LogP contribution in [0, 0.1) is 12.7 Å². The molecule has 0 aliphatic carbocycles. The molecule has 1 aromatic heterocycles. The Morgan fingerprint density at radius 2 is 1.97 bits per heavy atom. The van der Waals surface area contributed by atoms with Gasteiger partial charge in [0.05, 0.1) is 29.1 Å². The zero-order chi connectivity index (χ0) is 22.2. The van der Waals surface area contributed by atoms with Crippen molar-refractivity contribution in [3.63, 3.8) is 0 Å². The predicted molar refractivity (Wildman–Crippen MR) is 115 cm³/mol. The number of aryl methyl sites for hydroxylation is 1. The molecule has 0 saturated carbocycles. The molecule has 10 heteroatoms. The van der Waals surface area contributed by atoms with Gasteiger partial charge in [0.1, 0.15) is 16.5 Å². The second-order valence-corrected chi connectivity index (χ2v) is 12.7. The van der Waals surface area contributed by atoms with Gasteiger partial charge in [-0.25, -0.2) is 21.2 Å². The molecule has 0 spiro atoms. The lowest BCUT2D eigenvalue weighted by atomic mass is 10.1. The zero-order valence-corrected chi connectivity index (χ0v) is 19.0. The number of hydrogen-bond acceptors (Lipinski definition) is 7. The van der Waals surface area contributed by atoms with Crippen LogP contribution in [0.25, 0.3) is 0 Å². The molecular formula is C21H27FN2O5S2. The van der Waals surface area contributed by atoms with E-state index in [0.29, 0.717) is 12.1 Å². The molecule has 4 rings (SSSR count). The maximum Gasteiger partial charge on any atom is 0.186 e. The molecule has 31 heavy (non-hydrogen) atoms. The second-order valence-electron chi connectivity index (χ2n) is 8.38. The molecule has 3 atom stereocenters. The first-order valence-electron chi connectivity index (χ1n) is 10.4. The number of nitrogens with zero attached hydrogens (tertiary/aromatic N) is 1. The van der Waals surface area contributed by atoms with Crippen LogP contribution in [0.2, 0.25) is 0 Å². The number of nitrogens with one attached hydrogen (secondary N) is 1. The lowest BCUT2D eigenvalue weighted by Crippen LogP contribution is -2.46. The minimum Gasteiger partial charge on any atom is -0.468 e. The van der Waals surface area contributed by atoms with Gasteiger partial charge < -0.3 is 9.73 Å². The first-order chi connectivity index (χ1) is 14.7. The first kappa shape index (κ1) is 22.4. The molecule has 1 aromatic carbocycles. The Morgan fingerprint density at radius 1 is 1.23 bits per heavy atom. The van der Waals surface area contributed by atoms with Crippen LogP contribution in [0.5, 0.6) is 0 Å². The van der Waals surface area contributed by atoms with E-state index in [-0.39, 0.29) is 11.8 Å². The highest BCUT2D eigenvalue weighted by atomic mass is 32.2. The fraction of sp³-hybridized carbons (Fsp3) is 0.524. The van der Waals surface area contributed by atoms with Crippen LogP contribution in [0.3, 0.4) is 0 Å². The summed E-state index contributed by atoms with van der Waals surface area (Å²) in [4.78, 5) is 1.81. The molecule has 2 aromatic rings. The Hall–Kier alpha value is -1.75. The zero-order valence-electron chi connectivity index (χ0n) is 17.3. The highest BCUT2D eigenvalue weighted by molar-refractivity contribution is 7.96. The van der Waals surface area contributed by atoms with Crippen molar-refractivity contribution < 1.29 is 25.6 Å². The molecule has 3 heterocycles. The summed E-state index contributed by atoms with van der Waals surface area (Å²) in [5.41, 5.74) is 0.595. The Kier molecular flexibility index (Phi) is 6.26. The molecule has 170 valence electrons. The molecule has 0 radical (unpaired) electrons. The van der Waals surface area contributed by atoms with Crippen molar-refractivity contribution in [3.05, 3.63) is 53.7 Å². The average molecular weight is 471 g/mol. The lowest BCUT2D eigenvalue weighted by Gasteiger charge is -2.28. The predicted octanol–water partition coefficient (Wildman–Crippen LogP) is 2.09. The number of halogens is 1. The van der Waals surface area contributed by atoms with Crippen LogP contribution in [0.4, 0.5) is 4.39 Å². The Bertz CT molecular complexity index is 1130. The minimum absolute atomic E-state index is 0.125. The Balaban J connectivity index is 1.59. The number of likely N-dealkylation sites (tertiary alicyclic amines) is 1. The molecule has 1 unspecified atom stereocenters. The van der Waals surface area contributed by atoms with E-state index in [4.69, 9.17) is 4.42 Å². The van der Waals surface area contributed by atoms with Crippen LogP contribution >= 0.6 is 0 Å². The van der Waals surface area contributed by atoms with Gasteiger partial charge in [0.25, 0.3) is 0 Å². The van der Waals surface area contributed by atoms with Crippen LogP contribution < -0.4 is 5.32 Å². The molecule has 2 aliphatic rings. The lowest BCUT2D eigenvalue weighted by molar-refractivity contribution is 0.206. The fourth-order valence-electron chi connectivity index (χ4n) is 4.51. The number of sulfone groups is 2. The summed E-state index contributed by atoms with van der Waals surface area (Å²) in [6.45, 7) is 3.80. The summed E-state index contributed by atoms with van der Waals surface area (Å²) in [7, 11) is -7.77. The summed E-state index contributed by atoms with van der Waals surface area (Å²) in [6, 6.07) is 6.57. The molecule has 2 fully saturated rings. The third-order valence-electron chi connectivity index (χ3n) is 6.12. The number of benzene rings is 1. The maximum absolute atomic E-state index is 14.4. The van der Waals surface area contributed by atoms with Crippen LogP contribution in [-0.2, 0) is 19.7 Å². The van der Waals surface area contributed by atoms with Crippen LogP contribution in [0.15, 0.2) is 45.9 Å². The molecule has 0 amide bonds. The van der Waals surface area contributed by atoms with Gasteiger partial charge in [-0.15, -0.1) is 0 Å². The highest BCUT2D eigenvalue weighted by Gasteiger charge is 2.46. The summed E-state index contributed by atoms with van der Waals surface area (Å²) in [5.74, 6) is -0.927. The van der Waals surface area contributed by atoms with Crippen molar-refractivity contribution in [2.24, 2.45) is 0 Å². The quantitative estimate of drug-likeness (QED) is 0.662. The van der Waals surface area contributed by atoms with Crippen LogP contribution in [-0.4, -0.2) is 64.2 Å². The van der Waals surface area contributed by atoms with Gasteiger partial charge in [-0.05, 0) is 62.7 Å². The van der Waals surface area contributed by atoms with Crippen molar-refractivity contribution in [2.45, 2.75) is 42.0 Å². The van der Waals surface area contributed by atoms with Gasteiger partial charge in [0, 0.05) is 12.6 Å². The molecule has 0 bridgehead atoms. The van der Waals surface area contributed by atoms with E-state index < -0.39 is 47.4 Å². The van der Waals surface area contributed by atoms with Crippen molar-refractivity contribution in [3.8, 4) is 0 Å². The van der Waals surface area contributed by atoms with Crippen molar-refractivity contribution >= 4 is 19.7 Å². The smallest absolute Gasteiger partial charge is 0.186 e. The monoisotopic (exact) mass is 470 g/mol. The highest BCUT2D eigenvalue weighted by Crippen LogP contribution is 2.30. The molecule has 7 nitrogen and oxygen atoms in total. The van der Waals surface area contributed by atoms with Crippen LogP contribution in [0.1, 0.15) is 30.2 Å². The number of rotatable bonds is 7. The van der Waals surface area contributed by atoms with Gasteiger partial charge in [0.2, 0.25) is 0 Å². The van der Waals surface area contributed by atoms with E-state index in [0.717, 1.165) is 37.8 Å². The topological polar surface area (TPSA) is 96.7 Å². The summed E-state index contributed by atoms with van der Waals surface area (Å²) in [5, 5.41) is 1.93. The molecule has 1 N–H and O–H groups in total. The van der Waals surface area contributed by atoms with Gasteiger partial charge in [-0.2, -0.15) is 0 Å². The Morgan fingerprint density at radius 3 is 2.65 bits per heavy atom. The molecule has 2 saturated heterocycles. The maximum atomic E-state index is 14.4. The summed E-state index contributed by atoms with van der Waals surface area (Å²) < 4.78 is 71.3. The third kappa shape index (κ3) is 4.72. The van der Waals surface area contributed by atoms with E-state index in [1.54, 1.807) is 19.3 Å². The molecular weight excluding hydrogens is 443 g/mol. The average Bonchev–Trinajstić information content (AvgIpc) is 3.46. The van der Waals surface area contributed by atoms with Crippen molar-refractivity contribution in [2.75, 3.05) is 31.1 Å². The number of hydrogen-bond donors (Lipinski definition) is 1. The largest absolute Gasteiger partial charge is 0.468 e. The van der Waals surface area contributed by atoms with Crippen molar-refractivity contribution in [1.29, 1.82) is 0 Å². The molecule has 2 aliphatic heterocycles. The van der Waals surface area contributed by atoms with E-state index in [2.05, 4.69) is 10.2 Å². The van der Waals surface area contributed by atoms with E-state index in [1.807, 2.05) is 6.07 Å². The SMILES string of the molecule is Cc1ccc(F)c(S(=O)(=O)[C@H]2CS(=O)(=O)C[C@@H]2NCC(c2ccco2)N2CCCC2)c1. The fourth-order valence-corrected chi connectivity index (χ4v) is 9.38. The first-order valence-corrected chi connectivity index (χ1v) is 13.8. The summed E-state index contributed by atoms with van der Waals surface area (Å²) in [6.07, 6.45) is 3.73. The Labute approximate surface area is 182 Å². The standard InChI is InChI=1S/C21H27FN2O5S2/c1-15-6-7-16(22)20(11-15)31(27,28)21-14-30(25,26)13-17(21)23-12-18(19-5-4-10-29-19)24-8-2-3-9-24/h4-7,10-11,17-18,21,23H,2-3,8-9,12-14H2,1H3/t17-,18?,21-/m0/s1. The number of furan rings is 1.